The van der Waals surface area contributed by atoms with Crippen molar-refractivity contribution in [2.24, 2.45) is 10.1 Å². The van der Waals surface area contributed by atoms with E-state index in [1.165, 1.54) is 5.56 Å². The molecule has 1 amide bonds. The normalized spacial score (nSPS) is 18.0. The molecule has 0 fully saturated rings. The van der Waals surface area contributed by atoms with Crippen LogP contribution in [-0.2, 0) is 4.79 Å². The Morgan fingerprint density at radius 3 is 2.62 bits per heavy atom. The summed E-state index contributed by atoms with van der Waals surface area (Å²) in [5.41, 5.74) is 2.87. The van der Waals surface area contributed by atoms with Crippen molar-refractivity contribution in [1.82, 2.24) is 10.3 Å². The van der Waals surface area contributed by atoms with Crippen LogP contribution in [0.4, 0.5) is 0 Å². The number of amides is 1. The highest BCUT2D eigenvalue weighted by Gasteiger charge is 2.34. The SMILES string of the molecule is CCCCSC1=NN2C(=c3ccccc3=NC2c2ccc(C(C)C)cc2)C(=O)N1. The lowest BCUT2D eigenvalue weighted by Crippen LogP contribution is -2.50. The molecule has 2 aromatic rings. The topological polar surface area (TPSA) is 57.1 Å². The first-order valence-electron chi connectivity index (χ1n) is 10.2. The van der Waals surface area contributed by atoms with E-state index in [0.29, 0.717) is 16.8 Å². The van der Waals surface area contributed by atoms with Crippen LogP contribution in [0.15, 0.2) is 58.6 Å². The number of carbonyl (C=O) groups is 1. The number of amidine groups is 1. The molecule has 0 spiro atoms. The number of rotatable bonds is 5. The summed E-state index contributed by atoms with van der Waals surface area (Å²) in [6.45, 7) is 6.52. The Balaban J connectivity index is 1.80. The van der Waals surface area contributed by atoms with Crippen LogP contribution in [0.2, 0.25) is 0 Å². The van der Waals surface area contributed by atoms with E-state index in [9.17, 15) is 4.79 Å². The Morgan fingerprint density at radius 2 is 1.90 bits per heavy atom. The van der Waals surface area contributed by atoms with Crippen molar-refractivity contribution in [3.05, 3.63) is 70.2 Å². The highest BCUT2D eigenvalue weighted by molar-refractivity contribution is 8.13. The number of para-hydroxylation sites is 1. The van der Waals surface area contributed by atoms with E-state index in [1.807, 2.05) is 24.3 Å². The van der Waals surface area contributed by atoms with Gasteiger partial charge in [-0.3, -0.25) is 15.1 Å². The van der Waals surface area contributed by atoms with Crippen LogP contribution in [0.5, 0.6) is 0 Å². The minimum Gasteiger partial charge on any atom is -0.298 e. The molecular formula is C23H26N4OS. The highest BCUT2D eigenvalue weighted by atomic mass is 32.2. The minimum atomic E-state index is -0.353. The molecule has 0 aromatic heterocycles. The van der Waals surface area contributed by atoms with Gasteiger partial charge in [-0.25, -0.2) is 5.01 Å². The Kier molecular flexibility index (Phi) is 5.72. The number of hydrogen-bond acceptors (Lipinski definition) is 5. The largest absolute Gasteiger partial charge is 0.298 e. The smallest absolute Gasteiger partial charge is 0.276 e. The Morgan fingerprint density at radius 1 is 1.14 bits per heavy atom. The van der Waals surface area contributed by atoms with Crippen molar-refractivity contribution in [2.45, 2.75) is 45.7 Å². The molecule has 0 bridgehead atoms. The summed E-state index contributed by atoms with van der Waals surface area (Å²) >= 11 is 1.59. The molecule has 0 aliphatic carbocycles. The van der Waals surface area contributed by atoms with Crippen molar-refractivity contribution >= 4 is 28.5 Å². The van der Waals surface area contributed by atoms with Gasteiger partial charge in [0.25, 0.3) is 5.91 Å². The standard InChI is InChI=1S/C23H26N4OS/c1-4-5-14-29-23-25-22(28)20-18-8-6-7-9-19(18)24-21(27(20)26-23)17-12-10-16(11-13-17)15(2)3/h6-13,15,21H,4-5,14H2,1-3H3,(H,25,26,28). The third-order valence-corrected chi connectivity index (χ3v) is 6.10. The van der Waals surface area contributed by atoms with Gasteiger partial charge in [0.1, 0.15) is 5.70 Å². The van der Waals surface area contributed by atoms with Gasteiger partial charge in [-0.2, -0.15) is 0 Å². The molecule has 0 saturated heterocycles. The molecular weight excluding hydrogens is 380 g/mol. The number of nitrogens with zero attached hydrogens (tertiary/aromatic N) is 3. The number of benzene rings is 2. The Labute approximate surface area is 175 Å². The minimum absolute atomic E-state index is 0.120. The maximum absolute atomic E-state index is 13.0. The van der Waals surface area contributed by atoms with Crippen LogP contribution < -0.4 is 15.9 Å². The van der Waals surface area contributed by atoms with Crippen LogP contribution >= 0.6 is 11.8 Å². The van der Waals surface area contributed by atoms with Gasteiger partial charge >= 0.3 is 0 Å². The monoisotopic (exact) mass is 406 g/mol. The third-order valence-electron chi connectivity index (χ3n) is 5.15. The maximum Gasteiger partial charge on any atom is 0.276 e. The van der Waals surface area contributed by atoms with Crippen molar-refractivity contribution in [2.75, 3.05) is 5.75 Å². The van der Waals surface area contributed by atoms with E-state index < -0.39 is 0 Å². The summed E-state index contributed by atoms with van der Waals surface area (Å²) in [5, 5.41) is 11.8. The van der Waals surface area contributed by atoms with Gasteiger partial charge in [0.05, 0.1) is 5.36 Å². The van der Waals surface area contributed by atoms with Gasteiger partial charge in [-0.1, -0.05) is 81.4 Å². The van der Waals surface area contributed by atoms with Gasteiger partial charge in [-0.05, 0) is 29.5 Å². The molecule has 29 heavy (non-hydrogen) atoms. The van der Waals surface area contributed by atoms with Crippen molar-refractivity contribution in [3.63, 3.8) is 0 Å². The zero-order valence-corrected chi connectivity index (χ0v) is 17.9. The van der Waals surface area contributed by atoms with Gasteiger partial charge in [0.2, 0.25) is 0 Å². The molecule has 2 aliphatic rings. The summed E-state index contributed by atoms with van der Waals surface area (Å²) in [6, 6.07) is 16.2. The van der Waals surface area contributed by atoms with E-state index in [2.05, 4.69) is 50.4 Å². The summed E-state index contributed by atoms with van der Waals surface area (Å²) in [4.78, 5) is 18.0. The molecule has 2 aliphatic heterocycles. The van der Waals surface area contributed by atoms with Gasteiger partial charge in [0, 0.05) is 11.0 Å². The quantitative estimate of drug-likeness (QED) is 0.774. The molecule has 5 nitrogen and oxygen atoms in total. The van der Waals surface area contributed by atoms with Gasteiger partial charge < -0.3 is 0 Å². The zero-order valence-electron chi connectivity index (χ0n) is 17.1. The van der Waals surface area contributed by atoms with Crippen molar-refractivity contribution < 1.29 is 4.79 Å². The number of fused-ring (bicyclic) bond motifs is 2. The van der Waals surface area contributed by atoms with E-state index in [-0.39, 0.29) is 12.1 Å². The summed E-state index contributed by atoms with van der Waals surface area (Å²) in [5.74, 6) is 1.28. The first-order chi connectivity index (χ1) is 14.1. The fourth-order valence-electron chi connectivity index (χ4n) is 3.48. The Hall–Kier alpha value is -2.60. The van der Waals surface area contributed by atoms with E-state index in [4.69, 9.17) is 10.1 Å². The van der Waals surface area contributed by atoms with Gasteiger partial charge in [0.15, 0.2) is 11.3 Å². The second-order valence-electron chi connectivity index (χ2n) is 7.60. The van der Waals surface area contributed by atoms with Crippen LogP contribution in [-0.4, -0.2) is 21.8 Å². The molecule has 0 saturated carbocycles. The summed E-state index contributed by atoms with van der Waals surface area (Å²) < 4.78 is 0. The molecule has 4 rings (SSSR count). The number of thioether (sulfide) groups is 1. The summed E-state index contributed by atoms with van der Waals surface area (Å²) in [7, 11) is 0. The first-order valence-corrected chi connectivity index (χ1v) is 11.2. The number of carbonyl (C=O) groups excluding carboxylic acids is 1. The molecule has 150 valence electrons. The summed E-state index contributed by atoms with van der Waals surface area (Å²) in [6.07, 6.45) is 1.85. The molecule has 1 unspecified atom stereocenters. The fraction of sp³-hybridized carbons (Fsp3) is 0.348. The third kappa shape index (κ3) is 3.94. The predicted octanol–water partition coefficient (Wildman–Crippen LogP) is 3.49. The zero-order chi connectivity index (χ0) is 20.4. The number of hydrazone groups is 1. The van der Waals surface area contributed by atoms with Crippen LogP contribution in [0.3, 0.4) is 0 Å². The lowest BCUT2D eigenvalue weighted by molar-refractivity contribution is -0.116. The van der Waals surface area contributed by atoms with E-state index in [1.54, 1.807) is 16.8 Å². The van der Waals surface area contributed by atoms with Crippen LogP contribution in [0, 0.1) is 0 Å². The number of unbranched alkanes of at least 4 members (excludes halogenated alkanes) is 1. The van der Waals surface area contributed by atoms with Crippen LogP contribution in [0.25, 0.3) is 5.70 Å². The number of hydrogen-bond donors (Lipinski definition) is 1. The van der Waals surface area contributed by atoms with Crippen LogP contribution in [0.1, 0.15) is 56.8 Å². The molecule has 2 heterocycles. The molecule has 2 aromatic carbocycles. The van der Waals surface area contributed by atoms with Crippen molar-refractivity contribution in [1.29, 1.82) is 0 Å². The molecule has 0 radical (unpaired) electrons. The second-order valence-corrected chi connectivity index (χ2v) is 8.68. The highest BCUT2D eigenvalue weighted by Crippen LogP contribution is 2.31. The molecule has 1 N–H and O–H groups in total. The van der Waals surface area contributed by atoms with E-state index >= 15 is 0 Å². The first kappa shape index (κ1) is 19.7. The van der Waals surface area contributed by atoms with E-state index in [0.717, 1.165) is 34.7 Å². The average molecular weight is 407 g/mol. The maximum atomic E-state index is 13.0. The lowest BCUT2D eigenvalue weighted by Gasteiger charge is -2.34. The van der Waals surface area contributed by atoms with Gasteiger partial charge in [-0.15, -0.1) is 5.10 Å². The average Bonchev–Trinajstić information content (AvgIpc) is 2.73. The Bertz CT molecular complexity index is 1060. The van der Waals surface area contributed by atoms with Crippen molar-refractivity contribution in [3.8, 4) is 0 Å². The molecule has 1 atom stereocenters. The lowest BCUT2D eigenvalue weighted by atomic mass is 10.0. The second kappa shape index (κ2) is 8.41. The molecule has 6 heteroatoms. The number of nitrogens with one attached hydrogen (secondary N) is 1. The predicted molar refractivity (Wildman–Crippen MR) is 119 cm³/mol. The fourth-order valence-corrected chi connectivity index (χ4v) is 4.41.